The lowest BCUT2D eigenvalue weighted by molar-refractivity contribution is 1.41. The maximum atomic E-state index is 8.84. The highest BCUT2D eigenvalue weighted by molar-refractivity contribution is 8.00. The third-order valence-corrected chi connectivity index (χ3v) is 4.47. The van der Waals surface area contributed by atoms with Gasteiger partial charge in [-0.15, -0.1) is 35.7 Å². The molecule has 0 aliphatic heterocycles. The molecule has 1 aromatic heterocycles. The second kappa shape index (κ2) is 3.85. The van der Waals surface area contributed by atoms with Crippen molar-refractivity contribution in [3.05, 3.63) is 23.8 Å². The number of fused-ring (bicyclic) bond motifs is 1. The molecule has 0 N–H and O–H groups in total. The van der Waals surface area contributed by atoms with Crippen molar-refractivity contribution < 1.29 is 0 Å². The normalized spacial score (nSPS) is 10.4. The molecule has 2 rings (SSSR count). The molecule has 1 aromatic carbocycles. The number of thioether (sulfide) groups is 1. The van der Waals surface area contributed by atoms with Crippen LogP contribution in [0.2, 0.25) is 0 Å². The van der Waals surface area contributed by atoms with Crippen molar-refractivity contribution in [2.24, 2.45) is 0 Å². The molecule has 0 bridgehead atoms. The Bertz CT molecular complexity index is 522. The number of rotatable bonds is 1. The van der Waals surface area contributed by atoms with Crippen LogP contribution >= 0.6 is 35.7 Å². The van der Waals surface area contributed by atoms with Crippen molar-refractivity contribution >= 4 is 45.8 Å². The van der Waals surface area contributed by atoms with E-state index in [2.05, 4.69) is 31.0 Å². The van der Waals surface area contributed by atoms with Gasteiger partial charge in [0.25, 0.3) is 0 Å². The van der Waals surface area contributed by atoms with E-state index in [1.54, 1.807) is 23.1 Å². The monoisotopic (exact) mass is 237 g/mol. The molecule has 0 aliphatic carbocycles. The first-order valence-electron chi connectivity index (χ1n) is 3.95. The van der Waals surface area contributed by atoms with Crippen molar-refractivity contribution in [1.82, 2.24) is 0 Å². The molecule has 14 heavy (non-hydrogen) atoms. The summed E-state index contributed by atoms with van der Waals surface area (Å²) >= 11 is 7.71. The van der Waals surface area contributed by atoms with Crippen LogP contribution in [0.15, 0.2) is 27.3 Å². The fraction of sp³-hybridized carbons (Fsp3) is 0.100. The van der Waals surface area contributed by atoms with Crippen molar-refractivity contribution in [1.29, 1.82) is 5.26 Å². The van der Waals surface area contributed by atoms with Crippen LogP contribution in [0, 0.1) is 11.3 Å². The van der Waals surface area contributed by atoms with Gasteiger partial charge in [0.2, 0.25) is 0 Å². The molecule has 4 heteroatoms. The molecule has 0 spiro atoms. The van der Waals surface area contributed by atoms with Crippen LogP contribution in [0.4, 0.5) is 0 Å². The molecule has 70 valence electrons. The van der Waals surface area contributed by atoms with Crippen LogP contribution in [0.1, 0.15) is 5.56 Å². The Morgan fingerprint density at radius 3 is 2.86 bits per heavy atom. The minimum atomic E-state index is 0.648. The number of hydrogen-bond donors (Lipinski definition) is 1. The van der Waals surface area contributed by atoms with Crippen molar-refractivity contribution in [2.75, 3.05) is 6.26 Å². The second-order valence-electron chi connectivity index (χ2n) is 2.79. The van der Waals surface area contributed by atoms with E-state index in [0.29, 0.717) is 5.56 Å². The van der Waals surface area contributed by atoms with Crippen molar-refractivity contribution in [3.8, 4) is 6.07 Å². The van der Waals surface area contributed by atoms with E-state index < -0.39 is 0 Å². The second-order valence-corrected chi connectivity index (χ2v) is 5.46. The Morgan fingerprint density at radius 2 is 2.21 bits per heavy atom. The molecule has 2 aromatic rings. The fourth-order valence-electron chi connectivity index (χ4n) is 1.24. The standard InChI is InChI=1S/C10H7NS3/c1-13-10-4-6-2-8(12)7(5-11)3-9(6)14-10/h2-4,12H,1H3. The van der Waals surface area contributed by atoms with Gasteiger partial charge < -0.3 is 0 Å². The highest BCUT2D eigenvalue weighted by atomic mass is 32.2. The fourth-order valence-corrected chi connectivity index (χ4v) is 3.16. The smallest absolute Gasteiger partial charge is 0.100 e. The molecule has 0 atom stereocenters. The highest BCUT2D eigenvalue weighted by Gasteiger charge is 2.05. The summed E-state index contributed by atoms with van der Waals surface area (Å²) in [5, 5.41) is 10.0. The predicted octanol–water partition coefficient (Wildman–Crippen LogP) is 3.78. The van der Waals surface area contributed by atoms with Crippen LogP contribution in [0.3, 0.4) is 0 Å². The maximum absolute atomic E-state index is 8.84. The summed E-state index contributed by atoms with van der Waals surface area (Å²) in [5.74, 6) is 0. The third-order valence-electron chi connectivity index (χ3n) is 1.93. The molecule has 0 aliphatic rings. The topological polar surface area (TPSA) is 23.8 Å². The van der Waals surface area contributed by atoms with E-state index >= 15 is 0 Å². The minimum absolute atomic E-state index is 0.648. The first-order chi connectivity index (χ1) is 6.74. The minimum Gasteiger partial charge on any atom is -0.192 e. The number of nitriles is 1. The largest absolute Gasteiger partial charge is 0.192 e. The van der Waals surface area contributed by atoms with Gasteiger partial charge in [-0.25, -0.2) is 0 Å². The highest BCUT2D eigenvalue weighted by Crippen LogP contribution is 2.34. The number of thiol groups is 1. The molecule has 0 fully saturated rings. The van der Waals surface area contributed by atoms with Crippen molar-refractivity contribution in [2.45, 2.75) is 9.10 Å². The van der Waals surface area contributed by atoms with Gasteiger partial charge in [0.05, 0.1) is 9.77 Å². The Labute approximate surface area is 96.2 Å². The molecule has 0 unspecified atom stereocenters. The maximum Gasteiger partial charge on any atom is 0.100 e. The molecule has 0 radical (unpaired) electrons. The van der Waals surface area contributed by atoms with Gasteiger partial charge in [-0.05, 0) is 29.8 Å². The molecular formula is C10H7NS3. The zero-order valence-corrected chi connectivity index (χ0v) is 9.97. The predicted molar refractivity (Wildman–Crippen MR) is 65.6 cm³/mol. The SMILES string of the molecule is CSc1cc2cc(S)c(C#N)cc2s1. The Balaban J connectivity index is 2.71. The Hall–Kier alpha value is -0.630. The first kappa shape index (κ1) is 9.91. The molecule has 1 nitrogen and oxygen atoms in total. The van der Waals surface area contributed by atoms with Gasteiger partial charge >= 0.3 is 0 Å². The van der Waals surface area contributed by atoms with Gasteiger partial charge in [-0.3, -0.25) is 0 Å². The summed E-state index contributed by atoms with van der Waals surface area (Å²) < 4.78 is 2.42. The van der Waals surface area contributed by atoms with Crippen LogP contribution in [0.5, 0.6) is 0 Å². The lowest BCUT2D eigenvalue weighted by atomic mass is 10.2. The van der Waals surface area contributed by atoms with Crippen LogP contribution in [-0.2, 0) is 0 Å². The average Bonchev–Trinajstić information content (AvgIpc) is 2.58. The summed E-state index contributed by atoms with van der Waals surface area (Å²) in [7, 11) is 0. The van der Waals surface area contributed by atoms with Crippen LogP contribution in [-0.4, -0.2) is 6.26 Å². The Morgan fingerprint density at radius 1 is 1.43 bits per heavy atom. The quantitative estimate of drug-likeness (QED) is 0.602. The zero-order valence-electron chi connectivity index (χ0n) is 7.44. The number of nitrogens with zero attached hydrogens (tertiary/aromatic N) is 1. The van der Waals surface area contributed by atoms with Crippen molar-refractivity contribution in [3.63, 3.8) is 0 Å². The molecular weight excluding hydrogens is 230 g/mol. The van der Waals surface area contributed by atoms with Gasteiger partial charge in [0.15, 0.2) is 0 Å². The van der Waals surface area contributed by atoms with Crippen LogP contribution in [0.25, 0.3) is 10.1 Å². The summed E-state index contributed by atoms with van der Waals surface area (Å²) in [4.78, 5) is 0.755. The lowest BCUT2D eigenvalue weighted by Gasteiger charge is -1.94. The number of thiophene rings is 1. The third kappa shape index (κ3) is 1.63. The zero-order chi connectivity index (χ0) is 10.1. The summed E-state index contributed by atoms with van der Waals surface area (Å²) in [6.45, 7) is 0. The van der Waals surface area contributed by atoms with Gasteiger partial charge in [0.1, 0.15) is 6.07 Å². The Kier molecular flexibility index (Phi) is 2.73. The molecule has 1 heterocycles. The van der Waals surface area contributed by atoms with E-state index in [-0.39, 0.29) is 0 Å². The first-order valence-corrected chi connectivity index (χ1v) is 6.44. The number of benzene rings is 1. The van der Waals surface area contributed by atoms with Gasteiger partial charge in [0, 0.05) is 9.60 Å². The summed E-state index contributed by atoms with van der Waals surface area (Å²) in [6.07, 6.45) is 2.05. The molecule has 0 saturated heterocycles. The van der Waals surface area contributed by atoms with E-state index in [0.717, 1.165) is 9.60 Å². The van der Waals surface area contributed by atoms with Gasteiger partial charge in [-0.1, -0.05) is 0 Å². The van der Waals surface area contributed by atoms with E-state index in [4.69, 9.17) is 5.26 Å². The van der Waals surface area contributed by atoms with Crippen LogP contribution < -0.4 is 0 Å². The molecule has 0 amide bonds. The summed E-state index contributed by atoms with van der Waals surface area (Å²) in [5.41, 5.74) is 0.648. The van der Waals surface area contributed by atoms with E-state index in [9.17, 15) is 0 Å². The number of hydrogen-bond acceptors (Lipinski definition) is 4. The van der Waals surface area contributed by atoms with E-state index in [1.165, 1.54) is 9.60 Å². The van der Waals surface area contributed by atoms with E-state index in [1.807, 2.05) is 12.1 Å². The molecule has 0 saturated carbocycles. The lowest BCUT2D eigenvalue weighted by Crippen LogP contribution is -1.75. The summed E-state index contributed by atoms with van der Waals surface area (Å²) in [6, 6.07) is 8.13. The van der Waals surface area contributed by atoms with Gasteiger partial charge in [-0.2, -0.15) is 5.26 Å². The average molecular weight is 237 g/mol.